The van der Waals surface area contributed by atoms with Gasteiger partial charge in [-0.2, -0.15) is 12.7 Å². The predicted molar refractivity (Wildman–Crippen MR) is 90.2 cm³/mol. The Labute approximate surface area is 139 Å². The van der Waals surface area contributed by atoms with Crippen LogP contribution in [-0.2, 0) is 10.2 Å². The number of hydrogen-bond acceptors (Lipinski definition) is 4. The number of rotatable bonds is 5. The standard InChI is InChI=1S/C13H14Cl2N4O2S/c1-19(2)22(20,21)18-10-4-6-13(16-8-10)17-9-3-5-11(14)12(15)7-9/h3-8,18H,1-2H3,(H,16,17). The Kier molecular flexibility index (Phi) is 5.12. The van der Waals surface area contributed by atoms with Gasteiger partial charge in [0.15, 0.2) is 0 Å². The summed E-state index contributed by atoms with van der Waals surface area (Å²) in [5.41, 5.74) is 1.09. The zero-order valence-corrected chi connectivity index (χ0v) is 14.2. The quantitative estimate of drug-likeness (QED) is 0.857. The van der Waals surface area contributed by atoms with Gasteiger partial charge < -0.3 is 5.32 Å². The molecule has 0 atom stereocenters. The van der Waals surface area contributed by atoms with E-state index in [-0.39, 0.29) is 0 Å². The lowest BCUT2D eigenvalue weighted by Crippen LogP contribution is -2.28. The van der Waals surface area contributed by atoms with Gasteiger partial charge in [-0.1, -0.05) is 23.2 Å². The van der Waals surface area contributed by atoms with Crippen LogP contribution in [0.2, 0.25) is 10.0 Å². The fraction of sp³-hybridized carbons (Fsp3) is 0.154. The summed E-state index contributed by atoms with van der Waals surface area (Å²) in [5.74, 6) is 0.547. The fourth-order valence-electron chi connectivity index (χ4n) is 1.49. The first-order valence-corrected chi connectivity index (χ1v) is 8.36. The van der Waals surface area contributed by atoms with Crippen LogP contribution >= 0.6 is 23.2 Å². The average Bonchev–Trinajstić information content (AvgIpc) is 2.44. The SMILES string of the molecule is CN(C)S(=O)(=O)Nc1ccc(Nc2ccc(Cl)c(Cl)c2)nc1. The second-order valence-electron chi connectivity index (χ2n) is 4.58. The highest BCUT2D eigenvalue weighted by Gasteiger charge is 2.12. The monoisotopic (exact) mass is 360 g/mol. The molecule has 0 unspecified atom stereocenters. The first kappa shape index (κ1) is 16.8. The van der Waals surface area contributed by atoms with E-state index in [9.17, 15) is 8.42 Å². The molecule has 1 aromatic heterocycles. The van der Waals surface area contributed by atoms with Gasteiger partial charge in [0, 0.05) is 19.8 Å². The molecule has 118 valence electrons. The molecule has 6 nitrogen and oxygen atoms in total. The van der Waals surface area contributed by atoms with E-state index in [1.165, 1.54) is 20.3 Å². The molecule has 0 radical (unpaired) electrons. The molecule has 1 heterocycles. The summed E-state index contributed by atoms with van der Waals surface area (Å²) in [4.78, 5) is 4.14. The van der Waals surface area contributed by atoms with Crippen molar-refractivity contribution in [3.8, 4) is 0 Å². The number of benzene rings is 1. The average molecular weight is 361 g/mol. The van der Waals surface area contributed by atoms with Gasteiger partial charge in [-0.15, -0.1) is 0 Å². The number of nitrogens with one attached hydrogen (secondary N) is 2. The molecule has 9 heteroatoms. The van der Waals surface area contributed by atoms with Crippen LogP contribution in [0.25, 0.3) is 0 Å². The zero-order valence-electron chi connectivity index (χ0n) is 11.8. The maximum atomic E-state index is 11.7. The van der Waals surface area contributed by atoms with E-state index in [4.69, 9.17) is 23.2 Å². The fourth-order valence-corrected chi connectivity index (χ4v) is 2.39. The van der Waals surface area contributed by atoms with Gasteiger partial charge >= 0.3 is 10.2 Å². The van der Waals surface area contributed by atoms with E-state index >= 15 is 0 Å². The van der Waals surface area contributed by atoms with E-state index in [2.05, 4.69) is 15.0 Å². The summed E-state index contributed by atoms with van der Waals surface area (Å²) in [6.07, 6.45) is 1.42. The van der Waals surface area contributed by atoms with Crippen LogP contribution < -0.4 is 10.0 Å². The second-order valence-corrected chi connectivity index (χ2v) is 7.27. The third-order valence-electron chi connectivity index (χ3n) is 2.68. The molecule has 0 aliphatic carbocycles. The van der Waals surface area contributed by atoms with Crippen molar-refractivity contribution in [1.29, 1.82) is 0 Å². The van der Waals surface area contributed by atoms with Crippen molar-refractivity contribution in [2.24, 2.45) is 0 Å². The minimum atomic E-state index is -3.54. The van der Waals surface area contributed by atoms with Crippen molar-refractivity contribution in [2.75, 3.05) is 24.1 Å². The largest absolute Gasteiger partial charge is 0.340 e. The molecule has 0 spiro atoms. The first-order valence-electron chi connectivity index (χ1n) is 6.16. The van der Waals surface area contributed by atoms with Crippen molar-refractivity contribution >= 4 is 50.6 Å². The van der Waals surface area contributed by atoms with Gasteiger partial charge in [-0.05, 0) is 30.3 Å². The maximum Gasteiger partial charge on any atom is 0.301 e. The van der Waals surface area contributed by atoms with Gasteiger partial charge in [0.05, 0.1) is 21.9 Å². The van der Waals surface area contributed by atoms with Crippen LogP contribution in [0.15, 0.2) is 36.5 Å². The second kappa shape index (κ2) is 6.70. The van der Waals surface area contributed by atoms with Crippen molar-refractivity contribution in [1.82, 2.24) is 9.29 Å². The topological polar surface area (TPSA) is 74.3 Å². The molecule has 2 rings (SSSR count). The Morgan fingerprint density at radius 3 is 2.27 bits per heavy atom. The summed E-state index contributed by atoms with van der Waals surface area (Å²) >= 11 is 11.8. The molecule has 0 saturated heterocycles. The molecule has 1 aromatic carbocycles. The van der Waals surface area contributed by atoms with E-state index in [1.54, 1.807) is 30.3 Å². The Morgan fingerprint density at radius 2 is 1.73 bits per heavy atom. The molecular weight excluding hydrogens is 347 g/mol. The molecule has 0 amide bonds. The Balaban J connectivity index is 2.10. The lowest BCUT2D eigenvalue weighted by molar-refractivity contribution is 0.527. The summed E-state index contributed by atoms with van der Waals surface area (Å²) < 4.78 is 26.9. The molecular formula is C13H14Cl2N4O2S. The van der Waals surface area contributed by atoms with Crippen LogP contribution in [0.1, 0.15) is 0 Å². The third kappa shape index (κ3) is 4.23. The molecule has 0 fully saturated rings. The number of pyridine rings is 1. The van der Waals surface area contributed by atoms with Crippen molar-refractivity contribution < 1.29 is 8.42 Å². The van der Waals surface area contributed by atoms with Crippen molar-refractivity contribution in [3.63, 3.8) is 0 Å². The highest BCUT2D eigenvalue weighted by Crippen LogP contribution is 2.26. The summed E-state index contributed by atoms with van der Waals surface area (Å²) in [5, 5.41) is 3.94. The van der Waals surface area contributed by atoms with Gasteiger partial charge in [-0.3, -0.25) is 4.72 Å². The van der Waals surface area contributed by atoms with Crippen LogP contribution in [0.5, 0.6) is 0 Å². The number of nitrogens with zero attached hydrogens (tertiary/aromatic N) is 2. The van der Waals surface area contributed by atoms with Crippen molar-refractivity contribution in [3.05, 3.63) is 46.6 Å². The minimum Gasteiger partial charge on any atom is -0.340 e. The van der Waals surface area contributed by atoms with Gasteiger partial charge in [0.25, 0.3) is 0 Å². The zero-order chi connectivity index (χ0) is 16.3. The lowest BCUT2D eigenvalue weighted by Gasteiger charge is -2.13. The van der Waals surface area contributed by atoms with E-state index < -0.39 is 10.2 Å². The normalized spacial score (nSPS) is 11.5. The van der Waals surface area contributed by atoms with Gasteiger partial charge in [-0.25, -0.2) is 4.98 Å². The lowest BCUT2D eigenvalue weighted by atomic mass is 10.3. The van der Waals surface area contributed by atoms with Crippen LogP contribution in [0.4, 0.5) is 17.2 Å². The molecule has 2 N–H and O–H groups in total. The summed E-state index contributed by atoms with van der Waals surface area (Å²) in [6, 6.07) is 8.36. The van der Waals surface area contributed by atoms with Gasteiger partial charge in [0.2, 0.25) is 0 Å². The highest BCUT2D eigenvalue weighted by molar-refractivity contribution is 7.90. The summed E-state index contributed by atoms with van der Waals surface area (Å²) in [6.45, 7) is 0. The molecule has 2 aromatic rings. The maximum absolute atomic E-state index is 11.7. The number of hydrogen-bond donors (Lipinski definition) is 2. The van der Waals surface area contributed by atoms with Crippen LogP contribution in [0.3, 0.4) is 0 Å². The smallest absolute Gasteiger partial charge is 0.301 e. The third-order valence-corrected chi connectivity index (χ3v) is 4.88. The summed E-state index contributed by atoms with van der Waals surface area (Å²) in [7, 11) is -0.662. The van der Waals surface area contributed by atoms with Gasteiger partial charge in [0.1, 0.15) is 5.82 Å². The van der Waals surface area contributed by atoms with E-state index in [0.29, 0.717) is 21.6 Å². The van der Waals surface area contributed by atoms with E-state index in [1.807, 2.05) is 0 Å². The molecule has 22 heavy (non-hydrogen) atoms. The number of aromatic nitrogens is 1. The first-order chi connectivity index (χ1) is 10.3. The number of anilines is 3. The van der Waals surface area contributed by atoms with E-state index in [0.717, 1.165) is 9.99 Å². The minimum absolute atomic E-state index is 0.369. The molecule has 0 saturated carbocycles. The highest BCUT2D eigenvalue weighted by atomic mass is 35.5. The van der Waals surface area contributed by atoms with Crippen LogP contribution in [0, 0.1) is 0 Å². The predicted octanol–water partition coefficient (Wildman–Crippen LogP) is 3.35. The Bertz CT molecular complexity index is 764. The Hall–Kier alpha value is -1.54. The number of halogens is 2. The Morgan fingerprint density at radius 1 is 1.05 bits per heavy atom. The molecule has 0 aliphatic rings. The molecule has 0 bridgehead atoms. The van der Waals surface area contributed by atoms with Crippen molar-refractivity contribution in [2.45, 2.75) is 0 Å². The molecule has 0 aliphatic heterocycles. The van der Waals surface area contributed by atoms with Crippen LogP contribution in [-0.4, -0.2) is 31.8 Å².